The van der Waals surface area contributed by atoms with Crippen LogP contribution in [0, 0.1) is 12.3 Å². The molecule has 5 rings (SSSR count). The number of amides is 1. The molecule has 0 atom stereocenters. The van der Waals surface area contributed by atoms with Crippen LogP contribution in [0.2, 0.25) is 0 Å². The van der Waals surface area contributed by atoms with Crippen molar-refractivity contribution in [3.8, 4) is 11.5 Å². The number of pyridine rings is 1. The molecule has 0 saturated carbocycles. The summed E-state index contributed by atoms with van der Waals surface area (Å²) in [5.41, 5.74) is 4.67. The van der Waals surface area contributed by atoms with Crippen molar-refractivity contribution < 1.29 is 14.3 Å². The van der Waals surface area contributed by atoms with E-state index in [9.17, 15) is 4.79 Å². The average molecular weight is 524 g/mol. The van der Waals surface area contributed by atoms with Crippen LogP contribution >= 0.6 is 11.8 Å². The Labute approximate surface area is 224 Å². The number of aryl methyl sites for hydroxylation is 1. The Morgan fingerprint density at radius 3 is 2.74 bits per heavy atom. The van der Waals surface area contributed by atoms with E-state index in [4.69, 9.17) is 14.9 Å². The number of allylic oxidation sites excluding steroid dienone is 1. The van der Waals surface area contributed by atoms with Gasteiger partial charge in [-0.15, -0.1) is 6.58 Å². The summed E-state index contributed by atoms with van der Waals surface area (Å²) in [6.45, 7) is 6.31. The number of fused-ring (bicyclic) bond motifs is 1. The highest BCUT2D eigenvalue weighted by Crippen LogP contribution is 2.36. The zero-order valence-electron chi connectivity index (χ0n) is 21.0. The van der Waals surface area contributed by atoms with Crippen LogP contribution < -0.4 is 9.47 Å². The van der Waals surface area contributed by atoms with Crippen molar-refractivity contribution in [2.75, 3.05) is 7.11 Å². The zero-order valence-corrected chi connectivity index (χ0v) is 21.8. The minimum Gasteiger partial charge on any atom is -0.493 e. The van der Waals surface area contributed by atoms with E-state index >= 15 is 0 Å². The van der Waals surface area contributed by atoms with Crippen LogP contribution in [-0.4, -0.2) is 39.1 Å². The number of nitrogens with one attached hydrogen (secondary N) is 1. The van der Waals surface area contributed by atoms with Crippen LogP contribution in [0.1, 0.15) is 27.8 Å². The van der Waals surface area contributed by atoms with Crippen molar-refractivity contribution in [1.29, 1.82) is 5.41 Å². The first-order valence-electron chi connectivity index (χ1n) is 11.9. The number of hydrogen-bond acceptors (Lipinski definition) is 7. The largest absolute Gasteiger partial charge is 0.493 e. The average Bonchev–Trinajstić information content (AvgIpc) is 3.36. The van der Waals surface area contributed by atoms with Crippen LogP contribution in [0.4, 0.5) is 0 Å². The van der Waals surface area contributed by atoms with E-state index in [1.54, 1.807) is 37.7 Å². The van der Waals surface area contributed by atoms with Crippen molar-refractivity contribution in [2.45, 2.75) is 20.0 Å². The number of ether oxygens (including phenoxy) is 2. The molecule has 0 aliphatic carbocycles. The Kier molecular flexibility index (Phi) is 7.19. The number of aromatic nitrogens is 1. The summed E-state index contributed by atoms with van der Waals surface area (Å²) in [6, 6.07) is 15.4. The summed E-state index contributed by atoms with van der Waals surface area (Å²) in [7, 11) is 1.57. The van der Waals surface area contributed by atoms with Gasteiger partial charge in [0, 0.05) is 23.5 Å². The third kappa shape index (κ3) is 5.01. The lowest BCUT2D eigenvalue weighted by Crippen LogP contribution is -2.35. The predicted octanol–water partition coefficient (Wildman–Crippen LogP) is 5.37. The molecule has 9 heteroatoms. The minimum atomic E-state index is -0.500. The van der Waals surface area contributed by atoms with Crippen LogP contribution in [0.15, 0.2) is 89.2 Å². The molecule has 2 aliphatic rings. The number of amidine groups is 2. The fourth-order valence-corrected chi connectivity index (χ4v) is 4.96. The minimum absolute atomic E-state index is 0.0458. The molecule has 0 bridgehead atoms. The van der Waals surface area contributed by atoms with Gasteiger partial charge in [-0.05, 0) is 72.1 Å². The van der Waals surface area contributed by atoms with E-state index in [-0.39, 0.29) is 11.4 Å². The molecule has 190 valence electrons. The molecule has 0 saturated heterocycles. The topological polar surface area (TPSA) is 100 Å². The number of carbonyl (C=O) groups is 1. The number of carbonyl (C=O) groups excluding carboxylic acids is 1. The van der Waals surface area contributed by atoms with Gasteiger partial charge in [0.05, 0.1) is 12.7 Å². The number of benzene rings is 2. The lowest BCUT2D eigenvalue weighted by molar-refractivity contribution is -0.114. The Balaban J connectivity index is 1.46. The monoisotopic (exact) mass is 523 g/mol. The lowest BCUT2D eigenvalue weighted by atomic mass is 10.0. The van der Waals surface area contributed by atoms with E-state index < -0.39 is 5.91 Å². The second-order valence-corrected chi connectivity index (χ2v) is 9.54. The first kappa shape index (κ1) is 25.2. The van der Waals surface area contributed by atoms with Gasteiger partial charge in [0.25, 0.3) is 5.91 Å². The maximum Gasteiger partial charge on any atom is 0.283 e. The SMILES string of the molecule is C=CCc1cc(/C=C2\C(=N)N3N=C(c4cccnc4)SC3=NC2=O)cc(OC)c1OCc1ccccc1C. The number of nitrogens with zero attached hydrogens (tertiary/aromatic N) is 4. The van der Waals surface area contributed by atoms with Gasteiger partial charge in [-0.1, -0.05) is 30.3 Å². The summed E-state index contributed by atoms with van der Waals surface area (Å²) < 4.78 is 11.9. The molecule has 0 unspecified atom stereocenters. The summed E-state index contributed by atoms with van der Waals surface area (Å²) in [5, 5.41) is 15.6. The maximum absolute atomic E-state index is 12.9. The van der Waals surface area contributed by atoms with E-state index in [1.165, 1.54) is 16.8 Å². The zero-order chi connectivity index (χ0) is 26.6. The quantitative estimate of drug-likeness (QED) is 0.315. The third-order valence-electron chi connectivity index (χ3n) is 6.05. The lowest BCUT2D eigenvalue weighted by Gasteiger charge is -2.20. The van der Waals surface area contributed by atoms with Crippen LogP contribution in [0.5, 0.6) is 11.5 Å². The second-order valence-electron chi connectivity index (χ2n) is 8.59. The van der Waals surface area contributed by atoms with Gasteiger partial charge in [0.1, 0.15) is 11.7 Å². The van der Waals surface area contributed by atoms with Gasteiger partial charge in [-0.25, -0.2) is 0 Å². The van der Waals surface area contributed by atoms with Gasteiger partial charge in [0.2, 0.25) is 5.17 Å². The third-order valence-corrected chi connectivity index (χ3v) is 7.00. The highest BCUT2D eigenvalue weighted by atomic mass is 32.2. The number of hydrazone groups is 1. The Morgan fingerprint density at radius 1 is 1.16 bits per heavy atom. The molecular weight excluding hydrogens is 498 g/mol. The van der Waals surface area contributed by atoms with Crippen LogP contribution in [-0.2, 0) is 17.8 Å². The molecule has 2 aliphatic heterocycles. The standard InChI is InChI=1S/C29H25N5O3S/c1-4-8-20-13-19(15-24(36-3)25(20)37-17-22-10-6-5-9-18(22)2)14-23-26(30)34-29(32-27(23)35)38-28(33-34)21-11-7-12-31-16-21/h4-7,9-16,30H,1,8,17H2,2-3H3/b23-14+,30-26?. The van der Waals surface area contributed by atoms with E-state index in [2.05, 4.69) is 21.7 Å². The number of thioether (sulfide) groups is 1. The second kappa shape index (κ2) is 10.9. The molecule has 1 aromatic heterocycles. The Bertz CT molecular complexity index is 1530. The van der Waals surface area contributed by atoms with Gasteiger partial charge < -0.3 is 9.47 Å². The highest BCUT2D eigenvalue weighted by Gasteiger charge is 2.36. The first-order chi connectivity index (χ1) is 18.5. The number of methoxy groups -OCH3 is 1. The van der Waals surface area contributed by atoms with E-state index in [1.807, 2.05) is 49.4 Å². The number of rotatable bonds is 8. The number of aliphatic imine (C=N–C) groups is 1. The van der Waals surface area contributed by atoms with E-state index in [0.29, 0.717) is 40.3 Å². The van der Waals surface area contributed by atoms with Crippen LogP contribution in [0.25, 0.3) is 6.08 Å². The molecule has 2 aromatic carbocycles. The number of hydrogen-bond donors (Lipinski definition) is 1. The molecule has 3 aromatic rings. The molecule has 0 fully saturated rings. The Morgan fingerprint density at radius 2 is 2.00 bits per heavy atom. The predicted molar refractivity (Wildman–Crippen MR) is 151 cm³/mol. The summed E-state index contributed by atoms with van der Waals surface area (Å²) >= 11 is 1.23. The molecule has 38 heavy (non-hydrogen) atoms. The summed E-state index contributed by atoms with van der Waals surface area (Å²) in [4.78, 5) is 21.3. The van der Waals surface area contributed by atoms with Crippen molar-refractivity contribution >= 4 is 39.8 Å². The first-order valence-corrected chi connectivity index (χ1v) is 12.7. The van der Waals surface area contributed by atoms with Crippen molar-refractivity contribution in [3.63, 3.8) is 0 Å². The molecular formula is C29H25N5O3S. The fraction of sp³-hybridized carbons (Fsp3) is 0.138. The maximum atomic E-state index is 12.9. The van der Waals surface area contributed by atoms with Crippen molar-refractivity contribution in [3.05, 3.63) is 107 Å². The summed E-state index contributed by atoms with van der Waals surface area (Å²) in [5.74, 6) is 0.596. The van der Waals surface area contributed by atoms with Crippen LogP contribution in [0.3, 0.4) is 0 Å². The normalized spacial score (nSPS) is 15.7. The molecule has 0 spiro atoms. The van der Waals surface area contributed by atoms with Gasteiger partial charge >= 0.3 is 0 Å². The summed E-state index contributed by atoms with van der Waals surface area (Å²) in [6.07, 6.45) is 7.31. The van der Waals surface area contributed by atoms with Crippen molar-refractivity contribution in [2.24, 2.45) is 10.1 Å². The molecule has 1 amide bonds. The van der Waals surface area contributed by atoms with Gasteiger partial charge in [0.15, 0.2) is 17.3 Å². The van der Waals surface area contributed by atoms with E-state index in [0.717, 1.165) is 22.3 Å². The molecule has 3 heterocycles. The fourth-order valence-electron chi connectivity index (χ4n) is 4.08. The van der Waals surface area contributed by atoms with Gasteiger partial charge in [-0.3, -0.25) is 15.2 Å². The smallest absolute Gasteiger partial charge is 0.283 e. The highest BCUT2D eigenvalue weighted by molar-refractivity contribution is 8.27. The van der Waals surface area contributed by atoms with Gasteiger partial charge in [-0.2, -0.15) is 15.1 Å². The molecule has 1 N–H and O–H groups in total. The molecule has 8 nitrogen and oxygen atoms in total. The van der Waals surface area contributed by atoms with Crippen molar-refractivity contribution in [1.82, 2.24) is 9.99 Å². The molecule has 0 radical (unpaired) electrons. The Hall–Kier alpha value is -4.50.